The van der Waals surface area contributed by atoms with Crippen LogP contribution >= 0.6 is 23.4 Å². The molecule has 1 aromatic heterocycles. The van der Waals surface area contributed by atoms with Crippen LogP contribution in [0.1, 0.15) is 19.9 Å². The third-order valence-corrected chi connectivity index (χ3v) is 3.24. The molecular weight excluding hydrogens is 244 g/mol. The highest BCUT2D eigenvalue weighted by molar-refractivity contribution is 7.99. The van der Waals surface area contributed by atoms with Gasteiger partial charge in [-0.25, -0.2) is 0 Å². The maximum absolute atomic E-state index is 5.75. The van der Waals surface area contributed by atoms with Gasteiger partial charge in [0.1, 0.15) is 0 Å². The Kier molecular flexibility index (Phi) is 4.68. The summed E-state index contributed by atoms with van der Waals surface area (Å²) in [5.74, 6) is 1.51. The number of rotatable bonds is 5. The number of nitrogens with zero attached hydrogens (tertiary/aromatic N) is 4. The van der Waals surface area contributed by atoms with Crippen molar-refractivity contribution >= 4 is 29.3 Å². The zero-order valence-corrected chi connectivity index (χ0v) is 11.6. The van der Waals surface area contributed by atoms with Crippen molar-refractivity contribution in [1.29, 1.82) is 0 Å². The van der Waals surface area contributed by atoms with Gasteiger partial charge in [0.15, 0.2) is 5.16 Å². The lowest BCUT2D eigenvalue weighted by Gasteiger charge is -2.17. The maximum atomic E-state index is 5.75. The predicted octanol–water partition coefficient (Wildman–Crippen LogP) is 2.77. The Morgan fingerprint density at radius 1 is 1.50 bits per heavy atom. The Morgan fingerprint density at radius 2 is 2.12 bits per heavy atom. The number of anilines is 1. The fourth-order valence-electron chi connectivity index (χ4n) is 1.27. The van der Waals surface area contributed by atoms with Crippen LogP contribution in [0.2, 0.25) is 0 Å². The third-order valence-electron chi connectivity index (χ3n) is 1.92. The van der Waals surface area contributed by atoms with Crippen LogP contribution in [0.3, 0.4) is 0 Å². The van der Waals surface area contributed by atoms with Crippen LogP contribution in [-0.2, 0) is 0 Å². The minimum atomic E-state index is 0.318. The molecule has 0 bridgehead atoms. The van der Waals surface area contributed by atoms with E-state index in [9.17, 15) is 0 Å². The number of hydrogen-bond donors (Lipinski definition) is 0. The van der Waals surface area contributed by atoms with Crippen LogP contribution in [-0.4, -0.2) is 34.6 Å². The Balaban J connectivity index is 2.96. The minimum Gasteiger partial charge on any atom is -0.347 e. The number of thioether (sulfide) groups is 1. The van der Waals surface area contributed by atoms with Crippen LogP contribution in [0, 0.1) is 0 Å². The monoisotopic (exact) mass is 260 g/mol. The van der Waals surface area contributed by atoms with E-state index in [1.54, 1.807) is 11.8 Å². The molecule has 0 aliphatic carbocycles. The first-order valence-corrected chi connectivity index (χ1v) is 6.38. The molecule has 4 nitrogen and oxygen atoms in total. The number of halogens is 1. The summed E-state index contributed by atoms with van der Waals surface area (Å²) < 4.78 is 2.09. The average molecular weight is 261 g/mol. The van der Waals surface area contributed by atoms with Crippen LogP contribution in [0.15, 0.2) is 16.8 Å². The summed E-state index contributed by atoms with van der Waals surface area (Å²) in [4.78, 5) is 1.95. The van der Waals surface area contributed by atoms with Gasteiger partial charge in [-0.3, -0.25) is 4.57 Å². The van der Waals surface area contributed by atoms with E-state index in [0.717, 1.165) is 11.1 Å². The van der Waals surface area contributed by atoms with E-state index >= 15 is 0 Å². The Morgan fingerprint density at radius 3 is 2.56 bits per heavy atom. The lowest BCUT2D eigenvalue weighted by Crippen LogP contribution is -2.17. The van der Waals surface area contributed by atoms with Crippen molar-refractivity contribution in [3.05, 3.63) is 11.6 Å². The first-order valence-electron chi connectivity index (χ1n) is 5.01. The Bertz CT molecular complexity index is 373. The molecule has 0 spiro atoms. The van der Waals surface area contributed by atoms with Crippen LogP contribution < -0.4 is 4.90 Å². The zero-order valence-electron chi connectivity index (χ0n) is 10.1. The van der Waals surface area contributed by atoms with Crippen molar-refractivity contribution < 1.29 is 0 Å². The van der Waals surface area contributed by atoms with E-state index in [1.165, 1.54) is 0 Å². The van der Waals surface area contributed by atoms with Gasteiger partial charge in [-0.1, -0.05) is 29.9 Å². The summed E-state index contributed by atoms with van der Waals surface area (Å²) >= 11 is 7.30. The molecule has 0 fully saturated rings. The van der Waals surface area contributed by atoms with Crippen molar-refractivity contribution in [2.45, 2.75) is 25.0 Å². The normalized spacial score (nSPS) is 10.9. The highest BCUT2D eigenvalue weighted by atomic mass is 35.5. The highest BCUT2D eigenvalue weighted by Crippen LogP contribution is 2.26. The number of aromatic nitrogens is 3. The van der Waals surface area contributed by atoms with Crippen molar-refractivity contribution in [2.75, 3.05) is 24.7 Å². The van der Waals surface area contributed by atoms with Gasteiger partial charge < -0.3 is 4.90 Å². The van der Waals surface area contributed by atoms with Gasteiger partial charge in [0.25, 0.3) is 0 Å². The van der Waals surface area contributed by atoms with Crippen LogP contribution in [0.5, 0.6) is 0 Å². The minimum absolute atomic E-state index is 0.318. The van der Waals surface area contributed by atoms with E-state index in [-0.39, 0.29) is 0 Å². The summed E-state index contributed by atoms with van der Waals surface area (Å²) in [6, 6.07) is 0.318. The summed E-state index contributed by atoms with van der Waals surface area (Å²) in [7, 11) is 3.91. The molecule has 0 radical (unpaired) electrons. The van der Waals surface area contributed by atoms with Crippen LogP contribution in [0.25, 0.3) is 0 Å². The van der Waals surface area contributed by atoms with Gasteiger partial charge in [0.05, 0.1) is 0 Å². The van der Waals surface area contributed by atoms with Crippen molar-refractivity contribution in [3.8, 4) is 0 Å². The fourth-order valence-corrected chi connectivity index (χ4v) is 2.25. The van der Waals surface area contributed by atoms with Gasteiger partial charge in [0.2, 0.25) is 5.95 Å². The summed E-state index contributed by atoms with van der Waals surface area (Å²) in [6.07, 6.45) is 0. The molecule has 90 valence electrons. The molecule has 0 saturated heterocycles. The molecule has 0 saturated carbocycles. The largest absolute Gasteiger partial charge is 0.347 e. The second-order valence-corrected chi connectivity index (χ2v) is 5.42. The topological polar surface area (TPSA) is 34.0 Å². The van der Waals surface area contributed by atoms with E-state index in [1.807, 2.05) is 19.0 Å². The predicted molar refractivity (Wildman–Crippen MR) is 70.5 cm³/mol. The lowest BCUT2D eigenvalue weighted by atomic mass is 10.4. The second-order valence-electron chi connectivity index (χ2n) is 3.95. The average Bonchev–Trinajstić information content (AvgIpc) is 2.57. The standard InChI is InChI=1S/C10H17ClN4S/c1-7(2)15-9(14(4)5)12-13-10(15)16-6-8(3)11/h7H,3,6H2,1-2,4-5H3. The van der Waals surface area contributed by atoms with E-state index in [0.29, 0.717) is 16.8 Å². The highest BCUT2D eigenvalue weighted by Gasteiger charge is 2.16. The first-order chi connectivity index (χ1) is 7.43. The lowest BCUT2D eigenvalue weighted by molar-refractivity contribution is 0.549. The second kappa shape index (κ2) is 5.59. The van der Waals surface area contributed by atoms with E-state index in [2.05, 4.69) is 35.2 Å². The summed E-state index contributed by atoms with van der Waals surface area (Å²) in [5.41, 5.74) is 0. The molecule has 0 atom stereocenters. The molecule has 0 aliphatic rings. The molecule has 1 heterocycles. The first kappa shape index (κ1) is 13.4. The quantitative estimate of drug-likeness (QED) is 0.763. The molecular formula is C10H17ClN4S. The molecule has 0 aromatic carbocycles. The Labute approximate surface area is 106 Å². The zero-order chi connectivity index (χ0) is 12.3. The van der Waals surface area contributed by atoms with E-state index < -0.39 is 0 Å². The molecule has 1 rings (SSSR count). The van der Waals surface area contributed by atoms with Gasteiger partial charge in [-0.05, 0) is 13.8 Å². The molecule has 1 aromatic rings. The molecule has 16 heavy (non-hydrogen) atoms. The molecule has 0 aliphatic heterocycles. The number of hydrogen-bond acceptors (Lipinski definition) is 4. The van der Waals surface area contributed by atoms with Gasteiger partial charge in [0, 0.05) is 30.9 Å². The molecule has 0 unspecified atom stereocenters. The fraction of sp³-hybridized carbons (Fsp3) is 0.600. The summed E-state index contributed by atoms with van der Waals surface area (Å²) in [6.45, 7) is 7.88. The van der Waals surface area contributed by atoms with Crippen molar-refractivity contribution in [1.82, 2.24) is 14.8 Å². The summed E-state index contributed by atoms with van der Waals surface area (Å²) in [5, 5.41) is 9.82. The SMILES string of the molecule is C=C(Cl)CSc1nnc(N(C)C)n1C(C)C. The smallest absolute Gasteiger partial charge is 0.227 e. The van der Waals surface area contributed by atoms with Gasteiger partial charge >= 0.3 is 0 Å². The molecule has 0 N–H and O–H groups in total. The van der Waals surface area contributed by atoms with Crippen molar-refractivity contribution in [3.63, 3.8) is 0 Å². The molecule has 0 amide bonds. The van der Waals surface area contributed by atoms with Crippen molar-refractivity contribution in [2.24, 2.45) is 0 Å². The molecule has 6 heteroatoms. The van der Waals surface area contributed by atoms with Gasteiger partial charge in [-0.15, -0.1) is 10.2 Å². The van der Waals surface area contributed by atoms with Gasteiger partial charge in [-0.2, -0.15) is 0 Å². The maximum Gasteiger partial charge on any atom is 0.227 e. The third kappa shape index (κ3) is 3.15. The van der Waals surface area contributed by atoms with E-state index in [4.69, 9.17) is 11.6 Å². The Hall–Kier alpha value is -0.680. The van der Waals surface area contributed by atoms with Crippen LogP contribution in [0.4, 0.5) is 5.95 Å².